The quantitative estimate of drug-likeness (QED) is 0.533. The molecule has 140 valence electrons. The van der Waals surface area contributed by atoms with E-state index < -0.39 is 0 Å². The highest BCUT2D eigenvalue weighted by Gasteiger charge is 2.27. The van der Waals surface area contributed by atoms with Gasteiger partial charge in [-0.25, -0.2) is 9.37 Å². The molecule has 0 amide bonds. The maximum absolute atomic E-state index is 13.5. The van der Waals surface area contributed by atoms with Gasteiger partial charge in [-0.1, -0.05) is 41.6 Å². The Bertz CT molecular complexity index is 1150. The van der Waals surface area contributed by atoms with Crippen molar-refractivity contribution in [2.24, 2.45) is 0 Å². The number of rotatable bonds is 3. The molecule has 0 unspecified atom stereocenters. The first-order valence-electron chi connectivity index (χ1n) is 9.00. The van der Waals surface area contributed by atoms with E-state index >= 15 is 0 Å². The van der Waals surface area contributed by atoms with Crippen LogP contribution in [-0.4, -0.2) is 19.7 Å². The van der Waals surface area contributed by atoms with E-state index in [0.29, 0.717) is 30.6 Å². The van der Waals surface area contributed by atoms with Crippen LogP contribution in [0.15, 0.2) is 59.4 Å². The zero-order valence-corrected chi connectivity index (χ0v) is 15.2. The van der Waals surface area contributed by atoms with Gasteiger partial charge in [0.15, 0.2) is 5.69 Å². The van der Waals surface area contributed by atoms with Gasteiger partial charge in [0.1, 0.15) is 11.9 Å². The number of imidazole rings is 1. The Morgan fingerprint density at radius 1 is 1.14 bits per heavy atom. The largest absolute Gasteiger partial charge is 0.365 e. The molecule has 0 spiro atoms. The molecule has 0 aliphatic carbocycles. The number of hydrogen-bond acceptors (Lipinski definition) is 5. The number of ether oxygens (including phenoxy) is 1. The van der Waals surface area contributed by atoms with Crippen LogP contribution in [0.5, 0.6) is 0 Å². The molecule has 0 radical (unpaired) electrons. The van der Waals surface area contributed by atoms with Crippen molar-refractivity contribution in [1.29, 1.82) is 0 Å². The number of benzene rings is 2. The molecule has 2 aromatic carbocycles. The van der Waals surface area contributed by atoms with Crippen molar-refractivity contribution in [3.63, 3.8) is 0 Å². The molecule has 2 aromatic heterocycles. The number of hydrogen-bond donors (Lipinski definition) is 0. The normalized spacial score (nSPS) is 16.1. The predicted molar refractivity (Wildman–Crippen MR) is 99.6 cm³/mol. The fourth-order valence-electron chi connectivity index (χ4n) is 3.47. The molecule has 1 aliphatic rings. The second kappa shape index (κ2) is 6.69. The van der Waals surface area contributed by atoms with Crippen molar-refractivity contribution in [3.8, 4) is 23.0 Å². The van der Waals surface area contributed by atoms with Crippen molar-refractivity contribution in [2.45, 2.75) is 26.2 Å². The van der Waals surface area contributed by atoms with Crippen LogP contribution in [0, 0.1) is 12.7 Å². The molecule has 3 heterocycles. The van der Waals surface area contributed by atoms with Crippen LogP contribution in [0.2, 0.25) is 0 Å². The lowest BCUT2D eigenvalue weighted by atomic mass is 10.1. The van der Waals surface area contributed by atoms with Gasteiger partial charge in [0.2, 0.25) is 5.82 Å². The Labute approximate surface area is 160 Å². The second-order valence-corrected chi connectivity index (χ2v) is 6.78. The fraction of sp³-hybridized carbons (Fsp3) is 0.190. The van der Waals surface area contributed by atoms with Crippen LogP contribution in [-0.2, 0) is 17.9 Å². The third-order valence-corrected chi connectivity index (χ3v) is 4.97. The van der Waals surface area contributed by atoms with E-state index in [1.807, 2.05) is 41.8 Å². The van der Waals surface area contributed by atoms with Gasteiger partial charge in [0.05, 0.1) is 25.2 Å². The molecule has 0 bridgehead atoms. The second-order valence-electron chi connectivity index (χ2n) is 6.78. The van der Waals surface area contributed by atoms with Crippen molar-refractivity contribution >= 4 is 0 Å². The highest BCUT2D eigenvalue weighted by Crippen LogP contribution is 2.32. The molecule has 7 heteroatoms. The van der Waals surface area contributed by atoms with E-state index in [9.17, 15) is 4.39 Å². The SMILES string of the molecule is Cc1ccccc1-c1noc(-c2ncn3c2CO[C@H](c2cccc(F)c2)C3)n1. The van der Waals surface area contributed by atoms with Gasteiger partial charge in [-0.05, 0) is 30.2 Å². The summed E-state index contributed by atoms with van der Waals surface area (Å²) in [7, 11) is 0. The molecule has 1 atom stereocenters. The zero-order chi connectivity index (χ0) is 19.1. The van der Waals surface area contributed by atoms with Crippen LogP contribution < -0.4 is 0 Å². The lowest BCUT2D eigenvalue weighted by molar-refractivity contribution is 0.00314. The monoisotopic (exact) mass is 376 g/mol. The summed E-state index contributed by atoms with van der Waals surface area (Å²) in [5.74, 6) is 0.622. The van der Waals surface area contributed by atoms with E-state index in [-0.39, 0.29) is 11.9 Å². The van der Waals surface area contributed by atoms with Crippen molar-refractivity contribution in [2.75, 3.05) is 0 Å². The molecule has 0 fully saturated rings. The Kier molecular flexibility index (Phi) is 4.02. The summed E-state index contributed by atoms with van der Waals surface area (Å²) in [6, 6.07) is 14.4. The fourth-order valence-corrected chi connectivity index (χ4v) is 3.47. The molecular formula is C21H17FN4O2. The highest BCUT2D eigenvalue weighted by atomic mass is 19.1. The number of nitrogens with zero attached hydrogens (tertiary/aromatic N) is 4. The van der Waals surface area contributed by atoms with Gasteiger partial charge in [0.25, 0.3) is 5.89 Å². The molecule has 0 N–H and O–H groups in total. The summed E-state index contributed by atoms with van der Waals surface area (Å²) in [6.45, 7) is 2.88. The first kappa shape index (κ1) is 16.8. The summed E-state index contributed by atoms with van der Waals surface area (Å²) in [5.41, 5.74) is 4.29. The smallest absolute Gasteiger partial charge is 0.278 e. The molecule has 4 aromatic rings. The lowest BCUT2D eigenvalue weighted by Gasteiger charge is -2.25. The molecule has 5 rings (SSSR count). The Morgan fingerprint density at radius 2 is 2.04 bits per heavy atom. The summed E-state index contributed by atoms with van der Waals surface area (Å²) in [4.78, 5) is 8.98. The van der Waals surface area contributed by atoms with Gasteiger partial charge in [-0.15, -0.1) is 0 Å². The van der Waals surface area contributed by atoms with Crippen LogP contribution >= 0.6 is 0 Å². The molecule has 0 saturated carbocycles. The molecule has 28 heavy (non-hydrogen) atoms. The third kappa shape index (κ3) is 2.90. The summed E-state index contributed by atoms with van der Waals surface area (Å²) in [6.07, 6.45) is 1.51. The van der Waals surface area contributed by atoms with Gasteiger partial charge in [-0.2, -0.15) is 4.98 Å². The maximum Gasteiger partial charge on any atom is 0.278 e. The van der Waals surface area contributed by atoms with Crippen LogP contribution in [0.3, 0.4) is 0 Å². The van der Waals surface area contributed by atoms with Gasteiger partial charge < -0.3 is 13.8 Å². The Morgan fingerprint density at radius 3 is 2.89 bits per heavy atom. The summed E-state index contributed by atoms with van der Waals surface area (Å²) in [5, 5.41) is 4.11. The zero-order valence-electron chi connectivity index (χ0n) is 15.2. The molecule has 0 saturated heterocycles. The van der Waals surface area contributed by atoms with Crippen molar-refractivity contribution in [3.05, 3.63) is 77.5 Å². The minimum absolute atomic E-state index is 0.226. The van der Waals surface area contributed by atoms with Crippen LogP contribution in [0.4, 0.5) is 4.39 Å². The van der Waals surface area contributed by atoms with Gasteiger partial charge >= 0.3 is 0 Å². The van der Waals surface area contributed by atoms with Crippen molar-refractivity contribution in [1.82, 2.24) is 19.7 Å². The van der Waals surface area contributed by atoms with Crippen LogP contribution in [0.1, 0.15) is 22.9 Å². The number of halogens is 1. The van der Waals surface area contributed by atoms with Crippen molar-refractivity contribution < 1.29 is 13.7 Å². The Hall–Kier alpha value is -3.32. The van der Waals surface area contributed by atoms with Gasteiger partial charge in [0, 0.05) is 5.56 Å². The van der Waals surface area contributed by atoms with E-state index in [0.717, 1.165) is 22.4 Å². The molecule has 6 nitrogen and oxygen atoms in total. The maximum atomic E-state index is 13.5. The van der Waals surface area contributed by atoms with E-state index in [1.54, 1.807) is 12.4 Å². The number of aromatic nitrogens is 4. The lowest BCUT2D eigenvalue weighted by Crippen LogP contribution is -2.20. The minimum atomic E-state index is -0.271. The summed E-state index contributed by atoms with van der Waals surface area (Å²) < 4.78 is 26.9. The first-order chi connectivity index (χ1) is 13.7. The van der Waals surface area contributed by atoms with E-state index in [4.69, 9.17) is 9.26 Å². The highest BCUT2D eigenvalue weighted by molar-refractivity contribution is 5.62. The van der Waals surface area contributed by atoms with E-state index in [2.05, 4.69) is 15.1 Å². The average Bonchev–Trinajstić information content (AvgIpc) is 3.34. The molecule has 1 aliphatic heterocycles. The predicted octanol–water partition coefficient (Wildman–Crippen LogP) is 4.32. The Balaban J connectivity index is 1.44. The average molecular weight is 376 g/mol. The molecular weight excluding hydrogens is 359 g/mol. The number of aryl methyl sites for hydroxylation is 1. The topological polar surface area (TPSA) is 66.0 Å². The third-order valence-electron chi connectivity index (χ3n) is 4.97. The first-order valence-corrected chi connectivity index (χ1v) is 9.00. The van der Waals surface area contributed by atoms with Gasteiger partial charge in [-0.3, -0.25) is 0 Å². The van der Waals surface area contributed by atoms with Crippen LogP contribution in [0.25, 0.3) is 23.0 Å². The standard InChI is InChI=1S/C21H17FN4O2/c1-13-5-2-3-8-16(13)20-24-21(28-25-20)19-17-11-27-18(10-26(17)12-23-19)14-6-4-7-15(22)9-14/h2-9,12,18H,10-11H2,1H3/t18-/m0/s1. The summed E-state index contributed by atoms with van der Waals surface area (Å²) >= 11 is 0. The minimum Gasteiger partial charge on any atom is -0.365 e. The van der Waals surface area contributed by atoms with E-state index in [1.165, 1.54) is 12.1 Å². The number of fused-ring (bicyclic) bond motifs is 1.